The molecule has 0 saturated carbocycles. The quantitative estimate of drug-likeness (QED) is 0.717. The van der Waals surface area contributed by atoms with Crippen LogP contribution in [0.1, 0.15) is 13.3 Å². The Hall–Kier alpha value is -3.22. The number of methoxy groups -OCH3 is 1. The summed E-state index contributed by atoms with van der Waals surface area (Å²) in [5.74, 6) is 1.76. The second-order valence-electron chi connectivity index (χ2n) is 7.17. The highest BCUT2D eigenvalue weighted by Crippen LogP contribution is 2.25. The maximum Gasteiger partial charge on any atom is 0.328 e. The fourth-order valence-corrected chi connectivity index (χ4v) is 3.72. The summed E-state index contributed by atoms with van der Waals surface area (Å²) in [7, 11) is 1.65. The summed E-state index contributed by atoms with van der Waals surface area (Å²) >= 11 is 0. The molecular formula is C22H27N5O2. The van der Waals surface area contributed by atoms with Gasteiger partial charge in [-0.3, -0.25) is 4.57 Å². The Kier molecular flexibility index (Phi) is 5.55. The number of carbonyl (C=O) groups excluding carboxylic acids is 1. The van der Waals surface area contributed by atoms with Crippen molar-refractivity contribution in [2.75, 3.05) is 50.1 Å². The summed E-state index contributed by atoms with van der Waals surface area (Å²) in [5.41, 5.74) is 1.95. The molecule has 2 aromatic heterocycles. The third-order valence-electron chi connectivity index (χ3n) is 5.31. The average molecular weight is 393 g/mol. The van der Waals surface area contributed by atoms with E-state index in [1.807, 2.05) is 47.6 Å². The van der Waals surface area contributed by atoms with Gasteiger partial charge in [-0.15, -0.1) is 0 Å². The van der Waals surface area contributed by atoms with Gasteiger partial charge in [0, 0.05) is 50.5 Å². The highest BCUT2D eigenvalue weighted by molar-refractivity contribution is 5.92. The van der Waals surface area contributed by atoms with Crippen LogP contribution in [-0.2, 0) is 0 Å². The zero-order valence-corrected chi connectivity index (χ0v) is 17.0. The Morgan fingerprint density at radius 2 is 2.00 bits per heavy atom. The lowest BCUT2D eigenvalue weighted by Crippen LogP contribution is -2.50. The van der Waals surface area contributed by atoms with Crippen LogP contribution in [-0.4, -0.2) is 60.3 Å². The number of aromatic nitrogens is 2. The Labute approximate surface area is 170 Å². The lowest BCUT2D eigenvalue weighted by molar-refractivity contribution is 0.197. The molecule has 3 heterocycles. The second kappa shape index (κ2) is 8.43. The number of benzene rings is 1. The summed E-state index contributed by atoms with van der Waals surface area (Å²) in [6.07, 6.45) is 4.72. The second-order valence-corrected chi connectivity index (χ2v) is 7.17. The van der Waals surface area contributed by atoms with Gasteiger partial charge in [0.15, 0.2) is 5.82 Å². The van der Waals surface area contributed by atoms with Gasteiger partial charge >= 0.3 is 6.03 Å². The first-order chi connectivity index (χ1) is 14.2. The van der Waals surface area contributed by atoms with Crippen molar-refractivity contribution in [3.63, 3.8) is 0 Å². The predicted octanol–water partition coefficient (Wildman–Crippen LogP) is 3.66. The van der Waals surface area contributed by atoms with E-state index in [0.717, 1.165) is 54.2 Å². The molecule has 1 aliphatic heterocycles. The van der Waals surface area contributed by atoms with Gasteiger partial charge in [-0.25, -0.2) is 9.78 Å². The first kappa shape index (κ1) is 19.1. The number of fused-ring (bicyclic) bond motifs is 1. The van der Waals surface area contributed by atoms with Gasteiger partial charge in [-0.1, -0.05) is 6.92 Å². The molecule has 29 heavy (non-hydrogen) atoms. The van der Waals surface area contributed by atoms with Crippen LogP contribution in [0.4, 0.5) is 16.3 Å². The molecule has 7 nitrogen and oxygen atoms in total. The maximum atomic E-state index is 13.1. The average Bonchev–Trinajstić information content (AvgIpc) is 3.20. The molecule has 1 N–H and O–H groups in total. The van der Waals surface area contributed by atoms with Crippen LogP contribution in [0.5, 0.6) is 5.75 Å². The van der Waals surface area contributed by atoms with Crippen LogP contribution in [0.3, 0.4) is 0 Å². The zero-order valence-electron chi connectivity index (χ0n) is 17.0. The molecule has 0 spiro atoms. The van der Waals surface area contributed by atoms with Gasteiger partial charge in [0.05, 0.1) is 18.3 Å². The minimum Gasteiger partial charge on any atom is -0.497 e. The smallest absolute Gasteiger partial charge is 0.328 e. The molecule has 3 aromatic rings. The van der Waals surface area contributed by atoms with Crippen LogP contribution in [0.15, 0.2) is 48.8 Å². The van der Waals surface area contributed by atoms with Crippen molar-refractivity contribution in [2.45, 2.75) is 13.3 Å². The van der Waals surface area contributed by atoms with Crippen LogP contribution in [0.25, 0.3) is 10.9 Å². The monoisotopic (exact) mass is 393 g/mol. The first-order valence-corrected chi connectivity index (χ1v) is 10.1. The van der Waals surface area contributed by atoms with Crippen LogP contribution >= 0.6 is 0 Å². The van der Waals surface area contributed by atoms with Crippen molar-refractivity contribution in [2.24, 2.45) is 0 Å². The van der Waals surface area contributed by atoms with Crippen molar-refractivity contribution in [3.8, 4) is 5.75 Å². The number of ether oxygens (including phenoxy) is 1. The van der Waals surface area contributed by atoms with E-state index in [1.165, 1.54) is 0 Å². The van der Waals surface area contributed by atoms with E-state index in [-0.39, 0.29) is 6.03 Å². The molecule has 1 fully saturated rings. The molecule has 0 aliphatic carbocycles. The number of nitrogens with one attached hydrogen (secondary N) is 1. The minimum absolute atomic E-state index is 0.00942. The van der Waals surface area contributed by atoms with Gasteiger partial charge < -0.3 is 19.9 Å². The zero-order chi connectivity index (χ0) is 20.2. The van der Waals surface area contributed by atoms with Crippen LogP contribution in [0, 0.1) is 0 Å². The summed E-state index contributed by atoms with van der Waals surface area (Å²) in [6.45, 7) is 5.92. The largest absolute Gasteiger partial charge is 0.497 e. The molecule has 0 bridgehead atoms. The van der Waals surface area contributed by atoms with Crippen molar-refractivity contribution < 1.29 is 9.53 Å². The number of anilines is 2. The minimum atomic E-state index is 0.00942. The number of hydrogen-bond donors (Lipinski definition) is 1. The van der Waals surface area contributed by atoms with Crippen molar-refractivity contribution in [1.29, 1.82) is 0 Å². The summed E-state index contributed by atoms with van der Waals surface area (Å²) in [5, 5.41) is 4.44. The van der Waals surface area contributed by atoms with E-state index in [0.29, 0.717) is 13.1 Å². The number of hydrogen-bond acceptors (Lipinski definition) is 5. The Morgan fingerprint density at radius 3 is 2.76 bits per heavy atom. The highest BCUT2D eigenvalue weighted by atomic mass is 16.5. The SMILES string of the molecule is CCCNc1cccnc1N1CCN(C(=O)n2ccc3cc(OC)ccc32)CC1. The molecule has 152 valence electrons. The van der Waals surface area contributed by atoms with Crippen molar-refractivity contribution in [3.05, 3.63) is 48.8 Å². The molecular weight excluding hydrogens is 366 g/mol. The molecule has 0 atom stereocenters. The Bertz CT molecular complexity index is 992. The van der Waals surface area contributed by atoms with E-state index >= 15 is 0 Å². The number of amides is 1. The Morgan fingerprint density at radius 1 is 1.17 bits per heavy atom. The molecule has 4 rings (SSSR count). The summed E-state index contributed by atoms with van der Waals surface area (Å²) in [6, 6.07) is 11.7. The van der Waals surface area contributed by atoms with E-state index < -0.39 is 0 Å². The molecule has 1 aliphatic rings. The van der Waals surface area contributed by atoms with Crippen molar-refractivity contribution >= 4 is 28.4 Å². The van der Waals surface area contributed by atoms with E-state index in [4.69, 9.17) is 4.74 Å². The fourth-order valence-electron chi connectivity index (χ4n) is 3.72. The number of piperazine rings is 1. The number of carbonyl (C=O) groups is 1. The highest BCUT2D eigenvalue weighted by Gasteiger charge is 2.24. The van der Waals surface area contributed by atoms with Gasteiger partial charge in [0.2, 0.25) is 0 Å². The molecule has 1 saturated heterocycles. The van der Waals surface area contributed by atoms with Gasteiger partial charge in [-0.05, 0) is 42.8 Å². The van der Waals surface area contributed by atoms with Crippen LogP contribution in [0.2, 0.25) is 0 Å². The van der Waals surface area contributed by atoms with Gasteiger partial charge in [0.25, 0.3) is 0 Å². The van der Waals surface area contributed by atoms with Crippen molar-refractivity contribution in [1.82, 2.24) is 14.5 Å². The molecule has 7 heteroatoms. The van der Waals surface area contributed by atoms with E-state index in [9.17, 15) is 4.79 Å². The number of nitrogens with zero attached hydrogens (tertiary/aromatic N) is 4. The molecule has 0 unspecified atom stereocenters. The third-order valence-corrected chi connectivity index (χ3v) is 5.31. The molecule has 1 aromatic carbocycles. The van der Waals surface area contributed by atoms with Gasteiger partial charge in [-0.2, -0.15) is 0 Å². The number of rotatable bonds is 5. The standard InChI is InChI=1S/C22H27N5O2/c1-3-9-23-19-5-4-10-24-21(19)25-12-14-26(15-13-25)22(28)27-11-8-17-16-18(29-2)6-7-20(17)27/h4-8,10-11,16,23H,3,9,12-15H2,1-2H3. The van der Waals surface area contributed by atoms with Crippen LogP contribution < -0.4 is 15.0 Å². The Balaban J connectivity index is 1.46. The van der Waals surface area contributed by atoms with Gasteiger partial charge in [0.1, 0.15) is 5.75 Å². The normalized spacial score (nSPS) is 14.3. The fraction of sp³-hybridized carbons (Fsp3) is 0.364. The van der Waals surface area contributed by atoms with E-state index in [2.05, 4.69) is 28.2 Å². The summed E-state index contributed by atoms with van der Waals surface area (Å²) in [4.78, 5) is 21.8. The lowest BCUT2D eigenvalue weighted by atomic mass is 10.2. The first-order valence-electron chi connectivity index (χ1n) is 10.1. The molecule has 1 amide bonds. The number of pyridine rings is 1. The summed E-state index contributed by atoms with van der Waals surface area (Å²) < 4.78 is 7.00. The van der Waals surface area contributed by atoms with E-state index in [1.54, 1.807) is 11.7 Å². The lowest BCUT2D eigenvalue weighted by Gasteiger charge is -2.36. The third kappa shape index (κ3) is 3.85. The predicted molar refractivity (Wildman–Crippen MR) is 116 cm³/mol. The topological polar surface area (TPSA) is 62.6 Å². The molecule has 0 radical (unpaired) electrons. The maximum absolute atomic E-state index is 13.1.